The number of amides is 2. The van der Waals surface area contributed by atoms with E-state index in [0.717, 1.165) is 22.3 Å². The van der Waals surface area contributed by atoms with Crippen LogP contribution < -0.4 is 10.6 Å². The molecule has 2 amide bonds. The number of carbonyl (C=O) groups is 3. The second kappa shape index (κ2) is 10.00. The maximum Gasteiger partial charge on any atom is 0.407 e. The third-order valence-electron chi connectivity index (χ3n) is 4.79. The molecule has 2 aromatic carbocycles. The Kier molecular flexibility index (Phi) is 6.93. The van der Waals surface area contributed by atoms with Crippen LogP contribution in [-0.2, 0) is 14.3 Å². The summed E-state index contributed by atoms with van der Waals surface area (Å²) < 4.78 is 5.36. The molecule has 1 atom stereocenters. The number of aliphatic carboxylic acids is 1. The molecule has 3 rings (SSSR count). The first kappa shape index (κ1) is 21.5. The number of nitrogens with one attached hydrogen (secondary N) is 2. The van der Waals surface area contributed by atoms with Crippen LogP contribution in [0.15, 0.2) is 48.5 Å². The quantitative estimate of drug-likeness (QED) is 0.626. The molecule has 0 saturated heterocycles. The predicted octanol–water partition coefficient (Wildman–Crippen LogP) is 2.12. The van der Waals surface area contributed by atoms with E-state index in [1.165, 1.54) is 0 Å². The van der Waals surface area contributed by atoms with E-state index in [0.29, 0.717) is 0 Å². The van der Waals surface area contributed by atoms with Crippen LogP contribution in [0.2, 0.25) is 0 Å². The Morgan fingerprint density at radius 2 is 1.68 bits per heavy atom. The van der Waals surface area contributed by atoms with Crippen LogP contribution in [0.25, 0.3) is 11.1 Å². The van der Waals surface area contributed by atoms with Gasteiger partial charge in [-0.1, -0.05) is 54.5 Å². The van der Waals surface area contributed by atoms with Gasteiger partial charge in [0.2, 0.25) is 0 Å². The van der Waals surface area contributed by atoms with Crippen molar-refractivity contribution >= 4 is 18.0 Å². The van der Waals surface area contributed by atoms with Crippen molar-refractivity contribution in [3.05, 3.63) is 59.7 Å². The van der Waals surface area contributed by atoms with Gasteiger partial charge in [0.1, 0.15) is 12.6 Å². The Morgan fingerprint density at radius 1 is 1.06 bits per heavy atom. The Morgan fingerprint density at radius 3 is 2.26 bits per heavy atom. The molecule has 0 heterocycles. The molecule has 156 valence electrons. The second-order valence-electron chi connectivity index (χ2n) is 6.75. The van der Waals surface area contributed by atoms with E-state index in [-0.39, 0.29) is 25.5 Å². The van der Waals surface area contributed by atoms with E-state index in [1.807, 2.05) is 48.5 Å². The van der Waals surface area contributed by atoms with Gasteiger partial charge in [-0.15, -0.1) is 12.3 Å². The lowest BCUT2D eigenvalue weighted by Crippen LogP contribution is -2.39. The minimum Gasteiger partial charge on any atom is -0.480 e. The summed E-state index contributed by atoms with van der Waals surface area (Å²) >= 11 is 0. The molecule has 2 aromatic rings. The number of hydrogen-bond donors (Lipinski definition) is 3. The fourth-order valence-corrected chi connectivity index (χ4v) is 3.40. The Hall–Kier alpha value is -4.23. The number of hydrogen-bond acceptors (Lipinski definition) is 4. The highest BCUT2D eigenvalue weighted by Crippen LogP contribution is 2.44. The summed E-state index contributed by atoms with van der Waals surface area (Å²) in [6.07, 6.45) is 4.25. The summed E-state index contributed by atoms with van der Waals surface area (Å²) in [4.78, 5) is 34.6. The van der Waals surface area contributed by atoms with Crippen LogP contribution in [0.1, 0.15) is 23.5 Å². The lowest BCUT2D eigenvalue weighted by molar-refractivity contribution is -0.140. The number of rotatable bonds is 6. The molecule has 0 aliphatic heterocycles. The lowest BCUT2D eigenvalue weighted by Gasteiger charge is -2.14. The molecule has 7 heteroatoms. The van der Waals surface area contributed by atoms with Gasteiger partial charge in [0.05, 0.1) is 6.54 Å². The SMILES string of the molecule is C#CCC(NC(=O)C#CCNC(=O)OCC1c2ccccc2-c2ccccc21)C(=O)O. The molecule has 0 radical (unpaired) electrons. The maximum atomic E-state index is 12.0. The molecule has 1 aliphatic rings. The van der Waals surface area contributed by atoms with E-state index in [2.05, 4.69) is 28.4 Å². The first-order valence-electron chi connectivity index (χ1n) is 9.55. The molecule has 0 fully saturated rings. The van der Waals surface area contributed by atoms with Crippen molar-refractivity contribution in [2.24, 2.45) is 0 Å². The number of carboxylic acids is 1. The van der Waals surface area contributed by atoms with Crippen LogP contribution in [0.3, 0.4) is 0 Å². The van der Waals surface area contributed by atoms with Gasteiger partial charge in [0.15, 0.2) is 0 Å². The maximum absolute atomic E-state index is 12.0. The summed E-state index contributed by atoms with van der Waals surface area (Å²) in [6, 6.07) is 14.8. The van der Waals surface area contributed by atoms with Crippen molar-refractivity contribution in [1.29, 1.82) is 0 Å². The summed E-state index contributed by atoms with van der Waals surface area (Å²) in [5, 5.41) is 13.6. The molecule has 3 N–H and O–H groups in total. The number of ether oxygens (including phenoxy) is 1. The number of benzene rings is 2. The molecule has 0 saturated carbocycles. The van der Waals surface area contributed by atoms with Crippen LogP contribution in [0, 0.1) is 24.2 Å². The smallest absolute Gasteiger partial charge is 0.407 e. The average Bonchev–Trinajstić information content (AvgIpc) is 3.09. The fourth-order valence-electron chi connectivity index (χ4n) is 3.40. The highest BCUT2D eigenvalue weighted by Gasteiger charge is 2.28. The van der Waals surface area contributed by atoms with Crippen molar-refractivity contribution in [2.45, 2.75) is 18.4 Å². The van der Waals surface area contributed by atoms with Crippen molar-refractivity contribution in [1.82, 2.24) is 10.6 Å². The van der Waals surface area contributed by atoms with E-state index in [9.17, 15) is 14.4 Å². The van der Waals surface area contributed by atoms with Gasteiger partial charge < -0.3 is 20.5 Å². The van der Waals surface area contributed by atoms with Gasteiger partial charge in [0, 0.05) is 12.3 Å². The van der Waals surface area contributed by atoms with Crippen molar-refractivity contribution in [2.75, 3.05) is 13.2 Å². The average molecular weight is 416 g/mol. The Bertz CT molecular complexity index is 1060. The standard InChI is InChI=1S/C24H20N2O5/c1-2-8-21(23(28)29)26-22(27)13-7-14-25-24(30)31-15-20-18-11-5-3-9-16(18)17-10-4-6-12-19(17)20/h1,3-6,9-12,20-21H,8,14-15H2,(H,25,30)(H,26,27)(H,28,29). The van der Waals surface area contributed by atoms with Gasteiger partial charge in [-0.25, -0.2) is 9.59 Å². The lowest BCUT2D eigenvalue weighted by atomic mass is 9.98. The Labute approximate surface area is 179 Å². The summed E-state index contributed by atoms with van der Waals surface area (Å²) in [6.45, 7) is 0.0388. The van der Waals surface area contributed by atoms with Crippen LogP contribution >= 0.6 is 0 Å². The number of terminal acetylenes is 1. The van der Waals surface area contributed by atoms with Crippen molar-refractivity contribution in [3.63, 3.8) is 0 Å². The van der Waals surface area contributed by atoms with Gasteiger partial charge >= 0.3 is 12.1 Å². The Balaban J connectivity index is 1.50. The fraction of sp³-hybridized carbons (Fsp3) is 0.208. The molecule has 0 bridgehead atoms. The molecular weight excluding hydrogens is 396 g/mol. The zero-order valence-electron chi connectivity index (χ0n) is 16.6. The first-order valence-corrected chi connectivity index (χ1v) is 9.55. The molecular formula is C24H20N2O5. The van der Waals surface area contributed by atoms with Crippen LogP contribution in [0.5, 0.6) is 0 Å². The monoisotopic (exact) mass is 416 g/mol. The van der Waals surface area contributed by atoms with Crippen molar-refractivity contribution < 1.29 is 24.2 Å². The number of alkyl carbamates (subject to hydrolysis) is 1. The van der Waals surface area contributed by atoms with Gasteiger partial charge in [0.25, 0.3) is 5.91 Å². The molecule has 1 aliphatic carbocycles. The zero-order chi connectivity index (χ0) is 22.2. The van der Waals surface area contributed by atoms with Crippen LogP contribution in [0.4, 0.5) is 4.79 Å². The van der Waals surface area contributed by atoms with E-state index in [4.69, 9.17) is 16.3 Å². The molecule has 0 aromatic heterocycles. The first-order chi connectivity index (χ1) is 15.0. The topological polar surface area (TPSA) is 105 Å². The normalized spacial score (nSPS) is 12.2. The zero-order valence-corrected chi connectivity index (χ0v) is 16.6. The highest BCUT2D eigenvalue weighted by atomic mass is 16.5. The van der Waals surface area contributed by atoms with Gasteiger partial charge in [-0.05, 0) is 28.2 Å². The largest absolute Gasteiger partial charge is 0.480 e. The number of carboxylic acid groups (broad SMARTS) is 1. The third kappa shape index (κ3) is 5.23. The minimum absolute atomic E-state index is 0.0564. The molecule has 0 spiro atoms. The summed E-state index contributed by atoms with van der Waals surface area (Å²) in [7, 11) is 0. The second-order valence-corrected chi connectivity index (χ2v) is 6.75. The van der Waals surface area contributed by atoms with Gasteiger partial charge in [-0.2, -0.15) is 0 Å². The summed E-state index contributed by atoms with van der Waals surface area (Å²) in [5.74, 6) is 4.72. The van der Waals surface area contributed by atoms with Crippen LogP contribution in [-0.4, -0.2) is 42.3 Å². The number of fused-ring (bicyclic) bond motifs is 3. The van der Waals surface area contributed by atoms with Crippen molar-refractivity contribution in [3.8, 4) is 35.3 Å². The van der Waals surface area contributed by atoms with E-state index >= 15 is 0 Å². The highest BCUT2D eigenvalue weighted by molar-refractivity contribution is 5.96. The summed E-state index contributed by atoms with van der Waals surface area (Å²) in [5.41, 5.74) is 4.47. The minimum atomic E-state index is -1.25. The molecule has 7 nitrogen and oxygen atoms in total. The van der Waals surface area contributed by atoms with Gasteiger partial charge in [-0.3, -0.25) is 4.79 Å². The van der Waals surface area contributed by atoms with E-state index < -0.39 is 24.0 Å². The number of carbonyl (C=O) groups excluding carboxylic acids is 2. The molecule has 31 heavy (non-hydrogen) atoms. The van der Waals surface area contributed by atoms with E-state index in [1.54, 1.807) is 0 Å². The predicted molar refractivity (Wildman–Crippen MR) is 114 cm³/mol. The molecule has 1 unspecified atom stereocenters. The third-order valence-corrected chi connectivity index (χ3v) is 4.79.